The van der Waals surface area contributed by atoms with Gasteiger partial charge in [0.05, 0.1) is 35.7 Å². The van der Waals surface area contributed by atoms with E-state index in [4.69, 9.17) is 15.3 Å². The summed E-state index contributed by atoms with van der Waals surface area (Å²) in [6.07, 6.45) is 26.1. The molecule has 0 fully saturated rings. The normalized spacial score (nSPS) is 11.4. The van der Waals surface area contributed by atoms with Gasteiger partial charge >= 0.3 is 0 Å². The van der Waals surface area contributed by atoms with Crippen LogP contribution in [-0.4, -0.2) is 30.6 Å². The summed E-state index contributed by atoms with van der Waals surface area (Å²) in [6, 6.07) is 34.1. The Morgan fingerprint density at radius 1 is 0.273 bits per heavy atom. The predicted molar refractivity (Wildman–Crippen MR) is 277 cm³/mol. The number of hydrogen-bond donors (Lipinski definition) is 0. The summed E-state index contributed by atoms with van der Waals surface area (Å²) in [5.74, 6) is 0. The maximum absolute atomic E-state index is 4.75. The van der Waals surface area contributed by atoms with Gasteiger partial charge in [-0.05, 0) is 162 Å². The van der Waals surface area contributed by atoms with Crippen molar-refractivity contribution >= 4 is 0 Å². The van der Waals surface area contributed by atoms with E-state index in [1.807, 2.05) is 18.6 Å². The van der Waals surface area contributed by atoms with Gasteiger partial charge < -0.3 is 0 Å². The SMILES string of the molecule is CCCCc1cnnc(-c2ccc(-c3cc(-c4ccc(-c5nncc(CCCC)c5CCCC)cc4)cc(-c4ccc(-c5nncc(CCCC)c5CCCC)cc4)c3)cc2)c1CCCC. The molecule has 7 aromatic rings. The van der Waals surface area contributed by atoms with Crippen molar-refractivity contribution in [2.24, 2.45) is 0 Å². The largest absolute Gasteiger partial charge is 0.158 e. The van der Waals surface area contributed by atoms with E-state index in [0.717, 1.165) is 149 Å². The van der Waals surface area contributed by atoms with E-state index in [1.165, 1.54) is 66.8 Å². The van der Waals surface area contributed by atoms with Crippen molar-refractivity contribution in [2.75, 3.05) is 0 Å². The first-order valence-corrected chi connectivity index (χ1v) is 25.5. The van der Waals surface area contributed by atoms with Gasteiger partial charge in [-0.3, -0.25) is 0 Å². The molecule has 0 saturated heterocycles. The third kappa shape index (κ3) is 11.9. The first-order valence-electron chi connectivity index (χ1n) is 25.5. The van der Waals surface area contributed by atoms with Gasteiger partial charge in [0, 0.05) is 16.7 Å². The number of aryl methyl sites for hydroxylation is 3. The number of nitrogens with zero attached hydrogens (tertiary/aromatic N) is 6. The zero-order valence-corrected chi connectivity index (χ0v) is 40.8. The minimum atomic E-state index is 1.02. The van der Waals surface area contributed by atoms with Crippen LogP contribution in [0.4, 0.5) is 0 Å². The van der Waals surface area contributed by atoms with Crippen LogP contribution in [0.5, 0.6) is 0 Å². The second-order valence-corrected chi connectivity index (χ2v) is 18.2. The molecule has 4 aromatic carbocycles. The van der Waals surface area contributed by atoms with Crippen LogP contribution in [-0.2, 0) is 38.5 Å². The average Bonchev–Trinajstić information content (AvgIpc) is 3.37. The summed E-state index contributed by atoms with van der Waals surface area (Å²) in [4.78, 5) is 0. The molecule has 0 unspecified atom stereocenters. The molecular weight excluding hydrogens is 805 g/mol. The second kappa shape index (κ2) is 24.6. The first kappa shape index (κ1) is 48.1. The molecule has 0 amide bonds. The van der Waals surface area contributed by atoms with E-state index < -0.39 is 0 Å². The molecule has 0 aliphatic carbocycles. The fourth-order valence-corrected chi connectivity index (χ4v) is 9.27. The lowest BCUT2D eigenvalue weighted by atomic mass is 9.90. The molecule has 0 atom stereocenters. The van der Waals surface area contributed by atoms with E-state index in [-0.39, 0.29) is 0 Å². The summed E-state index contributed by atoms with van der Waals surface area (Å²) in [5, 5.41) is 27.8. The number of aromatic nitrogens is 6. The fraction of sp³-hybridized carbons (Fsp3) is 0.400. The lowest BCUT2D eigenvalue weighted by Crippen LogP contribution is -2.03. The van der Waals surface area contributed by atoms with E-state index >= 15 is 0 Å². The quantitative estimate of drug-likeness (QED) is 0.0602. The molecule has 0 N–H and O–H groups in total. The van der Waals surface area contributed by atoms with Gasteiger partial charge in [-0.25, -0.2) is 0 Å². The highest BCUT2D eigenvalue weighted by molar-refractivity contribution is 5.83. The lowest BCUT2D eigenvalue weighted by Gasteiger charge is -2.16. The second-order valence-electron chi connectivity index (χ2n) is 18.2. The highest BCUT2D eigenvalue weighted by atomic mass is 15.1. The van der Waals surface area contributed by atoms with E-state index in [2.05, 4.69) is 148 Å². The molecular formula is C60H72N6. The van der Waals surface area contributed by atoms with Crippen LogP contribution < -0.4 is 0 Å². The molecule has 0 aliphatic heterocycles. The summed E-state index contributed by atoms with van der Waals surface area (Å²) in [7, 11) is 0. The zero-order valence-electron chi connectivity index (χ0n) is 40.8. The Hall–Kier alpha value is -5.88. The third-order valence-electron chi connectivity index (χ3n) is 13.3. The van der Waals surface area contributed by atoms with Gasteiger partial charge in [0.25, 0.3) is 0 Å². The van der Waals surface area contributed by atoms with Crippen molar-refractivity contribution in [3.63, 3.8) is 0 Å². The van der Waals surface area contributed by atoms with Gasteiger partial charge in [-0.2, -0.15) is 30.6 Å². The minimum absolute atomic E-state index is 1.02. The van der Waals surface area contributed by atoms with E-state index in [1.54, 1.807) is 0 Å². The zero-order chi connectivity index (χ0) is 46.1. The third-order valence-corrected chi connectivity index (χ3v) is 13.3. The summed E-state index contributed by atoms with van der Waals surface area (Å²) in [6.45, 7) is 13.6. The minimum Gasteiger partial charge on any atom is -0.158 e. The Kier molecular flexibility index (Phi) is 17.9. The highest BCUT2D eigenvalue weighted by Gasteiger charge is 2.17. The van der Waals surface area contributed by atoms with Crippen molar-refractivity contribution < 1.29 is 0 Å². The summed E-state index contributed by atoms with van der Waals surface area (Å²) in [5.41, 5.74) is 21.6. The smallest absolute Gasteiger partial charge is 0.0964 e. The summed E-state index contributed by atoms with van der Waals surface area (Å²) >= 11 is 0. The molecule has 342 valence electrons. The van der Waals surface area contributed by atoms with Gasteiger partial charge in [0.1, 0.15) is 0 Å². The van der Waals surface area contributed by atoms with Crippen LogP contribution in [0.1, 0.15) is 152 Å². The average molecular weight is 877 g/mol. The molecule has 0 saturated carbocycles. The van der Waals surface area contributed by atoms with Crippen molar-refractivity contribution in [1.82, 2.24) is 30.6 Å². The van der Waals surface area contributed by atoms with Crippen LogP contribution >= 0.6 is 0 Å². The number of rotatable bonds is 24. The van der Waals surface area contributed by atoms with Crippen LogP contribution in [0.3, 0.4) is 0 Å². The predicted octanol–water partition coefficient (Wildman–Crippen LogP) is 16.1. The van der Waals surface area contributed by atoms with Crippen LogP contribution in [0.15, 0.2) is 110 Å². The van der Waals surface area contributed by atoms with Crippen molar-refractivity contribution in [3.05, 3.63) is 143 Å². The number of benzene rings is 4. The van der Waals surface area contributed by atoms with Crippen LogP contribution in [0, 0.1) is 0 Å². The maximum atomic E-state index is 4.75. The van der Waals surface area contributed by atoms with E-state index in [9.17, 15) is 0 Å². The fourth-order valence-electron chi connectivity index (χ4n) is 9.27. The Morgan fingerprint density at radius 2 is 0.500 bits per heavy atom. The standard InChI is InChI=1S/C60H72N6/c1-7-13-19-49-40-61-64-58(55(49)22-16-10-4)46-31-25-43(26-32-46)52-37-53(44-27-33-47(34-28-44)59-56(23-17-11-5)50(20-14-8-2)41-62-65-59)39-54(38-52)45-29-35-48(36-30-45)60-57(24-18-12-6)51(21-15-9-3)42-63-66-60/h25-42H,7-24H2,1-6H3. The molecule has 0 bridgehead atoms. The highest BCUT2D eigenvalue weighted by Crippen LogP contribution is 2.37. The first-order chi connectivity index (χ1) is 32.5. The Morgan fingerprint density at radius 3 is 0.742 bits per heavy atom. The molecule has 0 radical (unpaired) electrons. The Bertz CT molecular complexity index is 2290. The van der Waals surface area contributed by atoms with Crippen molar-refractivity contribution in [1.29, 1.82) is 0 Å². The molecule has 3 aromatic heterocycles. The van der Waals surface area contributed by atoms with Crippen LogP contribution in [0.2, 0.25) is 0 Å². The molecule has 7 rings (SSSR count). The molecule has 3 heterocycles. The van der Waals surface area contributed by atoms with Crippen molar-refractivity contribution in [3.8, 4) is 67.2 Å². The molecule has 0 aliphatic rings. The number of hydrogen-bond acceptors (Lipinski definition) is 6. The van der Waals surface area contributed by atoms with Gasteiger partial charge in [0.15, 0.2) is 0 Å². The van der Waals surface area contributed by atoms with Gasteiger partial charge in [0.2, 0.25) is 0 Å². The Balaban J connectivity index is 1.29. The monoisotopic (exact) mass is 877 g/mol. The Labute approximate surface area is 396 Å². The topological polar surface area (TPSA) is 77.3 Å². The molecule has 6 heteroatoms. The molecule has 6 nitrogen and oxygen atoms in total. The van der Waals surface area contributed by atoms with Crippen LogP contribution in [0.25, 0.3) is 67.2 Å². The maximum Gasteiger partial charge on any atom is 0.0964 e. The van der Waals surface area contributed by atoms with E-state index in [0.29, 0.717) is 0 Å². The number of unbranched alkanes of at least 4 members (excludes halogenated alkanes) is 6. The lowest BCUT2D eigenvalue weighted by molar-refractivity contribution is 0.747. The van der Waals surface area contributed by atoms with Gasteiger partial charge in [-0.15, -0.1) is 0 Å². The van der Waals surface area contributed by atoms with Gasteiger partial charge in [-0.1, -0.05) is 153 Å². The molecule has 0 spiro atoms. The molecule has 66 heavy (non-hydrogen) atoms. The van der Waals surface area contributed by atoms with Crippen molar-refractivity contribution in [2.45, 2.75) is 157 Å². The summed E-state index contributed by atoms with van der Waals surface area (Å²) < 4.78 is 0.